The first-order valence-electron chi connectivity index (χ1n) is 5.45. The third-order valence-electron chi connectivity index (χ3n) is 3.07. The standard InChI is InChI=1S/C10H16N4O2S/c1-14(9-2-3-17(15,16)6-9)10-8(4-11)5-12-7-13-10/h5,7,9H,2-4,6,11H2,1H3. The third kappa shape index (κ3) is 2.55. The van der Waals surface area contributed by atoms with Crippen LogP contribution in [0.1, 0.15) is 12.0 Å². The minimum atomic E-state index is -2.88. The molecule has 1 aliphatic heterocycles. The Bertz CT molecular complexity index is 503. The second-order valence-electron chi connectivity index (χ2n) is 4.24. The van der Waals surface area contributed by atoms with Crippen molar-refractivity contribution in [3.8, 4) is 0 Å². The summed E-state index contributed by atoms with van der Waals surface area (Å²) in [6.45, 7) is 0.347. The Kier molecular flexibility index (Phi) is 3.30. The quantitative estimate of drug-likeness (QED) is 0.788. The van der Waals surface area contributed by atoms with E-state index >= 15 is 0 Å². The predicted molar refractivity (Wildman–Crippen MR) is 65.4 cm³/mol. The third-order valence-corrected chi connectivity index (χ3v) is 4.82. The molecule has 1 unspecified atom stereocenters. The number of hydrogen-bond acceptors (Lipinski definition) is 6. The lowest BCUT2D eigenvalue weighted by Gasteiger charge is -2.25. The molecule has 0 saturated carbocycles. The molecule has 0 aromatic carbocycles. The first kappa shape index (κ1) is 12.3. The number of nitrogens with two attached hydrogens (primary N) is 1. The maximum Gasteiger partial charge on any atom is 0.152 e. The van der Waals surface area contributed by atoms with Gasteiger partial charge >= 0.3 is 0 Å². The van der Waals surface area contributed by atoms with E-state index in [1.54, 1.807) is 6.20 Å². The second-order valence-corrected chi connectivity index (χ2v) is 6.47. The van der Waals surface area contributed by atoms with E-state index < -0.39 is 9.84 Å². The summed E-state index contributed by atoms with van der Waals surface area (Å²) in [5.41, 5.74) is 6.45. The largest absolute Gasteiger partial charge is 0.355 e. The van der Waals surface area contributed by atoms with Crippen LogP contribution in [0.2, 0.25) is 0 Å². The molecule has 0 bridgehead atoms. The fourth-order valence-electron chi connectivity index (χ4n) is 2.07. The highest BCUT2D eigenvalue weighted by atomic mass is 32.2. The molecule has 17 heavy (non-hydrogen) atoms. The van der Waals surface area contributed by atoms with Crippen LogP contribution in [-0.2, 0) is 16.4 Å². The Hall–Kier alpha value is -1.21. The van der Waals surface area contributed by atoms with Crippen LogP contribution < -0.4 is 10.6 Å². The van der Waals surface area contributed by atoms with Crippen molar-refractivity contribution in [2.24, 2.45) is 5.73 Å². The van der Waals surface area contributed by atoms with Crippen molar-refractivity contribution < 1.29 is 8.42 Å². The zero-order valence-electron chi connectivity index (χ0n) is 9.70. The SMILES string of the molecule is CN(c1ncncc1CN)C1CCS(=O)(=O)C1. The molecule has 1 saturated heterocycles. The number of anilines is 1. The molecule has 6 nitrogen and oxygen atoms in total. The normalized spacial score (nSPS) is 22.6. The molecule has 0 radical (unpaired) electrons. The molecule has 2 N–H and O–H groups in total. The number of sulfone groups is 1. The van der Waals surface area contributed by atoms with E-state index in [0.29, 0.717) is 13.0 Å². The lowest BCUT2D eigenvalue weighted by atomic mass is 10.2. The van der Waals surface area contributed by atoms with Gasteiger partial charge in [0.25, 0.3) is 0 Å². The van der Waals surface area contributed by atoms with E-state index in [1.807, 2.05) is 11.9 Å². The van der Waals surface area contributed by atoms with Crippen molar-refractivity contribution >= 4 is 15.7 Å². The van der Waals surface area contributed by atoms with Crippen LogP contribution in [0.3, 0.4) is 0 Å². The zero-order valence-corrected chi connectivity index (χ0v) is 10.5. The van der Waals surface area contributed by atoms with Crippen molar-refractivity contribution in [2.75, 3.05) is 23.5 Å². The molecule has 7 heteroatoms. The predicted octanol–water partition coefficient (Wildman–Crippen LogP) is -0.441. The number of hydrogen-bond donors (Lipinski definition) is 1. The van der Waals surface area contributed by atoms with Gasteiger partial charge in [0.05, 0.1) is 11.5 Å². The van der Waals surface area contributed by atoms with Gasteiger partial charge < -0.3 is 10.6 Å². The maximum absolute atomic E-state index is 11.4. The summed E-state index contributed by atoms with van der Waals surface area (Å²) >= 11 is 0. The minimum absolute atomic E-state index is 0.0137. The summed E-state index contributed by atoms with van der Waals surface area (Å²) in [4.78, 5) is 10.00. The van der Waals surface area contributed by atoms with Crippen LogP contribution in [0.15, 0.2) is 12.5 Å². The van der Waals surface area contributed by atoms with Gasteiger partial charge in [-0.1, -0.05) is 0 Å². The van der Waals surface area contributed by atoms with Gasteiger partial charge in [-0.05, 0) is 6.42 Å². The summed E-state index contributed by atoms with van der Waals surface area (Å²) in [5, 5.41) is 0. The van der Waals surface area contributed by atoms with Crippen molar-refractivity contribution in [1.29, 1.82) is 0 Å². The average molecular weight is 256 g/mol. The summed E-state index contributed by atoms with van der Waals surface area (Å²) < 4.78 is 22.9. The van der Waals surface area contributed by atoms with Crippen molar-refractivity contribution in [3.63, 3.8) is 0 Å². The van der Waals surface area contributed by atoms with Crippen molar-refractivity contribution in [2.45, 2.75) is 19.0 Å². The van der Waals surface area contributed by atoms with E-state index in [4.69, 9.17) is 5.73 Å². The van der Waals surface area contributed by atoms with E-state index in [0.717, 1.165) is 11.4 Å². The lowest BCUT2D eigenvalue weighted by Crippen LogP contribution is -2.34. The Labute approximate surface area is 101 Å². The van der Waals surface area contributed by atoms with Gasteiger partial charge in [-0.25, -0.2) is 18.4 Å². The highest BCUT2D eigenvalue weighted by Gasteiger charge is 2.31. The highest BCUT2D eigenvalue weighted by molar-refractivity contribution is 7.91. The number of aromatic nitrogens is 2. The molecule has 2 heterocycles. The van der Waals surface area contributed by atoms with Gasteiger partial charge in [0, 0.05) is 31.4 Å². The van der Waals surface area contributed by atoms with Crippen LogP contribution in [0.25, 0.3) is 0 Å². The molecule has 1 aromatic rings. The summed E-state index contributed by atoms with van der Waals surface area (Å²) in [5.74, 6) is 1.17. The molecule has 0 amide bonds. The van der Waals surface area contributed by atoms with Crippen LogP contribution in [0.4, 0.5) is 5.82 Å². The summed E-state index contributed by atoms with van der Waals surface area (Å²) in [7, 11) is -1.03. The Morgan fingerprint density at radius 1 is 1.59 bits per heavy atom. The molecular formula is C10H16N4O2S. The summed E-state index contributed by atoms with van der Waals surface area (Å²) in [6.07, 6.45) is 3.77. The molecule has 1 fully saturated rings. The minimum Gasteiger partial charge on any atom is -0.355 e. The molecule has 1 atom stereocenters. The van der Waals surface area contributed by atoms with E-state index in [2.05, 4.69) is 9.97 Å². The van der Waals surface area contributed by atoms with Crippen LogP contribution in [0, 0.1) is 0 Å². The van der Waals surface area contributed by atoms with Crippen LogP contribution in [-0.4, -0.2) is 43.0 Å². The fraction of sp³-hybridized carbons (Fsp3) is 0.600. The first-order valence-corrected chi connectivity index (χ1v) is 7.28. The van der Waals surface area contributed by atoms with Crippen LogP contribution in [0.5, 0.6) is 0 Å². The highest BCUT2D eigenvalue weighted by Crippen LogP contribution is 2.23. The van der Waals surface area contributed by atoms with E-state index in [1.165, 1.54) is 6.33 Å². The Morgan fingerprint density at radius 2 is 2.35 bits per heavy atom. The topological polar surface area (TPSA) is 89.2 Å². The smallest absolute Gasteiger partial charge is 0.152 e. The van der Waals surface area contributed by atoms with E-state index in [9.17, 15) is 8.42 Å². The number of rotatable bonds is 3. The fourth-order valence-corrected chi connectivity index (χ4v) is 3.84. The first-order chi connectivity index (χ1) is 8.03. The molecule has 1 aliphatic rings. The number of nitrogens with zero attached hydrogens (tertiary/aromatic N) is 3. The van der Waals surface area contributed by atoms with Gasteiger partial charge in [0.15, 0.2) is 9.84 Å². The monoisotopic (exact) mass is 256 g/mol. The van der Waals surface area contributed by atoms with Crippen molar-refractivity contribution in [1.82, 2.24) is 9.97 Å². The molecule has 0 spiro atoms. The molecule has 2 rings (SSSR count). The maximum atomic E-state index is 11.4. The average Bonchev–Trinajstić information content (AvgIpc) is 2.68. The van der Waals surface area contributed by atoms with Crippen LogP contribution >= 0.6 is 0 Å². The molecular weight excluding hydrogens is 240 g/mol. The van der Waals surface area contributed by atoms with Gasteiger partial charge in [0.2, 0.25) is 0 Å². The van der Waals surface area contributed by atoms with Gasteiger partial charge in [-0.3, -0.25) is 0 Å². The Morgan fingerprint density at radius 3 is 2.94 bits per heavy atom. The zero-order chi connectivity index (χ0) is 12.5. The molecule has 1 aromatic heterocycles. The van der Waals surface area contributed by atoms with Gasteiger partial charge in [-0.15, -0.1) is 0 Å². The summed E-state index contributed by atoms with van der Waals surface area (Å²) in [6, 6.07) is -0.0137. The second kappa shape index (κ2) is 4.58. The lowest BCUT2D eigenvalue weighted by molar-refractivity contribution is 0.600. The van der Waals surface area contributed by atoms with E-state index in [-0.39, 0.29) is 17.5 Å². The Balaban J connectivity index is 2.23. The van der Waals surface area contributed by atoms with Crippen molar-refractivity contribution in [3.05, 3.63) is 18.1 Å². The molecule has 94 valence electrons. The van der Waals surface area contributed by atoms with Gasteiger partial charge in [-0.2, -0.15) is 0 Å². The molecule has 0 aliphatic carbocycles. The van der Waals surface area contributed by atoms with Gasteiger partial charge in [0.1, 0.15) is 12.1 Å².